The molecular formula is C20H19N3S. The molecule has 0 atom stereocenters. The Hall–Kier alpha value is -2.46. The first-order valence-corrected chi connectivity index (χ1v) is 8.75. The molecule has 0 aliphatic carbocycles. The van der Waals surface area contributed by atoms with Gasteiger partial charge in [0.1, 0.15) is 5.82 Å². The largest absolute Gasteiger partial charge is 0.370 e. The quantitative estimate of drug-likeness (QED) is 0.632. The van der Waals surface area contributed by atoms with Crippen LogP contribution in [0.25, 0.3) is 22.4 Å². The smallest absolute Gasteiger partial charge is 0.199 e. The molecule has 0 spiro atoms. The van der Waals surface area contributed by atoms with Gasteiger partial charge in [-0.1, -0.05) is 54.6 Å². The second kappa shape index (κ2) is 6.57. The van der Waals surface area contributed by atoms with Crippen molar-refractivity contribution in [3.8, 4) is 22.4 Å². The van der Waals surface area contributed by atoms with Gasteiger partial charge < -0.3 is 10.3 Å². The van der Waals surface area contributed by atoms with E-state index in [2.05, 4.69) is 63.8 Å². The summed E-state index contributed by atoms with van der Waals surface area (Å²) in [5.74, 6) is 0.943. The number of nitrogens with one attached hydrogen (secondary N) is 2. The zero-order valence-electron chi connectivity index (χ0n) is 13.4. The fraction of sp³-hybridized carbons (Fsp3) is 0.200. The summed E-state index contributed by atoms with van der Waals surface area (Å²) in [5.41, 5.74) is 5.94. The molecule has 0 radical (unpaired) electrons. The second-order valence-corrected chi connectivity index (χ2v) is 6.46. The Balaban J connectivity index is 1.77. The second-order valence-electron chi connectivity index (χ2n) is 6.07. The molecule has 4 rings (SSSR count). The van der Waals surface area contributed by atoms with E-state index in [0.717, 1.165) is 36.5 Å². The molecule has 24 heavy (non-hydrogen) atoms. The summed E-state index contributed by atoms with van der Waals surface area (Å²) in [5, 5.41) is 3.42. The highest BCUT2D eigenvalue weighted by atomic mass is 32.1. The zero-order valence-corrected chi connectivity index (χ0v) is 14.2. The summed E-state index contributed by atoms with van der Waals surface area (Å²) in [6, 6.07) is 19.1. The Morgan fingerprint density at radius 2 is 1.54 bits per heavy atom. The van der Waals surface area contributed by atoms with E-state index in [-0.39, 0.29) is 0 Å². The maximum absolute atomic E-state index is 5.32. The number of anilines is 1. The number of rotatable bonds is 2. The minimum absolute atomic E-state index is 0.533. The van der Waals surface area contributed by atoms with E-state index < -0.39 is 0 Å². The molecular weight excluding hydrogens is 314 g/mol. The van der Waals surface area contributed by atoms with Crippen LogP contribution in [-0.2, 0) is 6.42 Å². The summed E-state index contributed by atoms with van der Waals surface area (Å²) < 4.78 is 0.533. The van der Waals surface area contributed by atoms with Crippen molar-refractivity contribution in [1.82, 2.24) is 9.97 Å². The van der Waals surface area contributed by atoms with Crippen molar-refractivity contribution < 1.29 is 0 Å². The number of hydrogen-bond acceptors (Lipinski definition) is 3. The van der Waals surface area contributed by atoms with Crippen molar-refractivity contribution in [3.63, 3.8) is 0 Å². The molecule has 3 aromatic rings. The highest BCUT2D eigenvalue weighted by molar-refractivity contribution is 7.71. The van der Waals surface area contributed by atoms with E-state index in [1.165, 1.54) is 23.1 Å². The first-order chi connectivity index (χ1) is 11.8. The van der Waals surface area contributed by atoms with E-state index in [1.54, 1.807) is 0 Å². The fourth-order valence-corrected chi connectivity index (χ4v) is 3.42. The number of benzene rings is 2. The molecule has 0 amide bonds. The van der Waals surface area contributed by atoms with Crippen LogP contribution < -0.4 is 5.32 Å². The zero-order chi connectivity index (χ0) is 16.4. The molecule has 0 bridgehead atoms. The van der Waals surface area contributed by atoms with Crippen LogP contribution in [0.1, 0.15) is 18.4 Å². The van der Waals surface area contributed by atoms with Crippen LogP contribution in [-0.4, -0.2) is 16.5 Å². The van der Waals surface area contributed by atoms with Gasteiger partial charge in [-0.25, -0.2) is 4.98 Å². The van der Waals surface area contributed by atoms with Gasteiger partial charge in [-0.05, 0) is 48.2 Å². The number of H-pyrrole nitrogens is 1. The molecule has 0 saturated heterocycles. The molecule has 1 aliphatic rings. The van der Waals surface area contributed by atoms with Crippen LogP contribution in [0.3, 0.4) is 0 Å². The summed E-state index contributed by atoms with van der Waals surface area (Å²) in [4.78, 5) is 7.78. The van der Waals surface area contributed by atoms with Crippen LogP contribution >= 0.6 is 12.2 Å². The van der Waals surface area contributed by atoms with Crippen LogP contribution in [0.15, 0.2) is 54.6 Å². The van der Waals surface area contributed by atoms with Gasteiger partial charge in [-0.15, -0.1) is 0 Å². The van der Waals surface area contributed by atoms with E-state index in [0.29, 0.717) is 4.77 Å². The summed E-state index contributed by atoms with van der Waals surface area (Å²) >= 11 is 5.32. The predicted octanol–water partition coefficient (Wildman–Crippen LogP) is 5.22. The van der Waals surface area contributed by atoms with E-state index >= 15 is 0 Å². The summed E-state index contributed by atoms with van der Waals surface area (Å²) in [6.07, 6.45) is 3.36. The van der Waals surface area contributed by atoms with Gasteiger partial charge in [0.15, 0.2) is 4.77 Å². The third-order valence-corrected chi connectivity index (χ3v) is 4.65. The predicted molar refractivity (Wildman–Crippen MR) is 102 cm³/mol. The lowest BCUT2D eigenvalue weighted by molar-refractivity contribution is 0.785. The van der Waals surface area contributed by atoms with E-state index in [1.807, 2.05) is 6.07 Å². The number of nitrogens with zero attached hydrogens (tertiary/aromatic N) is 1. The van der Waals surface area contributed by atoms with Crippen LogP contribution in [0, 0.1) is 4.77 Å². The molecule has 0 fully saturated rings. The highest BCUT2D eigenvalue weighted by Gasteiger charge is 2.15. The maximum atomic E-state index is 5.32. The average molecular weight is 333 g/mol. The molecule has 0 unspecified atom stereocenters. The van der Waals surface area contributed by atoms with Crippen molar-refractivity contribution >= 4 is 18.0 Å². The average Bonchev–Trinajstić information content (AvgIpc) is 2.87. The van der Waals surface area contributed by atoms with Crippen molar-refractivity contribution in [2.45, 2.75) is 19.3 Å². The molecule has 2 N–H and O–H groups in total. The lowest BCUT2D eigenvalue weighted by Crippen LogP contribution is -2.05. The lowest BCUT2D eigenvalue weighted by atomic mass is 9.99. The molecule has 1 aliphatic heterocycles. The van der Waals surface area contributed by atoms with Gasteiger partial charge >= 0.3 is 0 Å². The molecule has 0 saturated carbocycles. The first kappa shape index (κ1) is 15.1. The number of aromatic nitrogens is 2. The minimum atomic E-state index is 0.533. The van der Waals surface area contributed by atoms with E-state index in [4.69, 9.17) is 12.2 Å². The third kappa shape index (κ3) is 2.97. The molecule has 4 heteroatoms. The standard InChI is InChI=1S/C20H19N3S/c24-20-22-18(17-8-4-5-13-21-19(17)23-20)16-11-9-15(10-12-16)14-6-2-1-3-7-14/h1-3,6-7,9-12H,4-5,8,13H2,(H2,21,22,23,24). The Bertz CT molecular complexity index is 898. The molecule has 3 nitrogen and oxygen atoms in total. The van der Waals surface area contributed by atoms with Gasteiger partial charge in [0, 0.05) is 12.1 Å². The van der Waals surface area contributed by atoms with Crippen LogP contribution in [0.5, 0.6) is 0 Å². The number of fused-ring (bicyclic) bond motifs is 1. The highest BCUT2D eigenvalue weighted by Crippen LogP contribution is 2.30. The first-order valence-electron chi connectivity index (χ1n) is 8.34. The van der Waals surface area contributed by atoms with E-state index in [9.17, 15) is 0 Å². The van der Waals surface area contributed by atoms with Crippen LogP contribution in [0.4, 0.5) is 5.82 Å². The number of hydrogen-bond donors (Lipinski definition) is 2. The monoisotopic (exact) mass is 333 g/mol. The van der Waals surface area contributed by atoms with Crippen LogP contribution in [0.2, 0.25) is 0 Å². The van der Waals surface area contributed by atoms with Crippen molar-refractivity contribution in [2.75, 3.05) is 11.9 Å². The summed E-state index contributed by atoms with van der Waals surface area (Å²) in [7, 11) is 0. The topological polar surface area (TPSA) is 40.7 Å². The molecule has 1 aromatic heterocycles. The van der Waals surface area contributed by atoms with Gasteiger partial charge in [-0.2, -0.15) is 0 Å². The van der Waals surface area contributed by atoms with Gasteiger partial charge in [-0.3, -0.25) is 0 Å². The summed E-state index contributed by atoms with van der Waals surface area (Å²) in [6.45, 7) is 0.963. The molecule has 2 heterocycles. The number of aromatic amines is 1. The lowest BCUT2D eigenvalue weighted by Gasteiger charge is -2.13. The third-order valence-electron chi connectivity index (χ3n) is 4.46. The fourth-order valence-electron chi connectivity index (χ4n) is 3.23. The van der Waals surface area contributed by atoms with Crippen molar-refractivity contribution in [2.24, 2.45) is 0 Å². The molecule has 2 aromatic carbocycles. The van der Waals surface area contributed by atoms with Gasteiger partial charge in [0.25, 0.3) is 0 Å². The Morgan fingerprint density at radius 3 is 2.33 bits per heavy atom. The molecule has 120 valence electrons. The van der Waals surface area contributed by atoms with Gasteiger partial charge in [0.05, 0.1) is 5.69 Å². The van der Waals surface area contributed by atoms with Crippen molar-refractivity contribution in [1.29, 1.82) is 0 Å². The normalized spacial score (nSPS) is 13.7. The maximum Gasteiger partial charge on any atom is 0.199 e. The Morgan fingerprint density at radius 1 is 0.833 bits per heavy atom. The van der Waals surface area contributed by atoms with Gasteiger partial charge in [0.2, 0.25) is 0 Å². The van der Waals surface area contributed by atoms with Crippen molar-refractivity contribution in [3.05, 3.63) is 64.9 Å². The SMILES string of the molecule is S=c1nc2c(c(-c3ccc(-c4ccccc4)cc3)[nH]1)CCCCN2. The Labute approximate surface area is 146 Å². The minimum Gasteiger partial charge on any atom is -0.370 e. The Kier molecular flexibility index (Phi) is 4.13.